The molecule has 0 radical (unpaired) electrons. The Kier molecular flexibility index (Phi) is 7.87. The van der Waals surface area contributed by atoms with Crippen molar-refractivity contribution in [2.45, 2.75) is 46.6 Å². The highest BCUT2D eigenvalue weighted by atomic mass is 16.5. The maximum absolute atomic E-state index is 13.1. The van der Waals surface area contributed by atoms with Gasteiger partial charge in [-0.2, -0.15) is 9.78 Å². The van der Waals surface area contributed by atoms with Gasteiger partial charge in [0, 0.05) is 12.7 Å². The van der Waals surface area contributed by atoms with Crippen molar-refractivity contribution in [3.05, 3.63) is 63.5 Å². The number of unbranched alkanes of at least 4 members (excludes halogenated alkanes) is 1. The third-order valence-electron chi connectivity index (χ3n) is 4.98. The first-order valence-corrected chi connectivity index (χ1v) is 10.9. The largest absolute Gasteiger partial charge is 0.503 e. The first-order valence-electron chi connectivity index (χ1n) is 10.9. The Hall–Kier alpha value is -4.33. The summed E-state index contributed by atoms with van der Waals surface area (Å²) in [6.45, 7) is 13.2. The second-order valence-corrected chi connectivity index (χ2v) is 7.39. The van der Waals surface area contributed by atoms with Crippen molar-refractivity contribution in [2.24, 2.45) is 10.2 Å². The molecule has 3 heterocycles. The number of aromatic hydroxyl groups is 1. The number of pyridine rings is 2. The lowest BCUT2D eigenvalue weighted by Gasteiger charge is -2.12. The molecule has 0 aromatic carbocycles. The molecule has 1 N–H and O–H groups in total. The van der Waals surface area contributed by atoms with Crippen LogP contribution < -0.4 is 5.56 Å². The average molecular weight is 463 g/mol. The summed E-state index contributed by atoms with van der Waals surface area (Å²) in [6, 6.07) is 5.15. The number of ether oxygens (including phenoxy) is 1. The summed E-state index contributed by atoms with van der Waals surface area (Å²) in [5.74, 6) is -0.623. The van der Waals surface area contributed by atoms with Crippen LogP contribution in [0.15, 0.2) is 45.6 Å². The fourth-order valence-electron chi connectivity index (χ4n) is 3.17. The van der Waals surface area contributed by atoms with Gasteiger partial charge in [-0.05, 0) is 37.5 Å². The van der Waals surface area contributed by atoms with Crippen LogP contribution in [0, 0.1) is 13.5 Å². The first-order chi connectivity index (χ1) is 16.4. The lowest BCUT2D eigenvalue weighted by molar-refractivity contribution is 0.0506. The van der Waals surface area contributed by atoms with Crippen LogP contribution in [0.1, 0.15) is 49.0 Å². The fourth-order valence-corrected chi connectivity index (χ4v) is 3.17. The molecular formula is C23H25N7O4. The molecule has 176 valence electrons. The molecule has 0 fully saturated rings. The van der Waals surface area contributed by atoms with Gasteiger partial charge in [-0.1, -0.05) is 26.3 Å². The molecule has 3 aromatic heterocycles. The van der Waals surface area contributed by atoms with E-state index < -0.39 is 17.4 Å². The zero-order valence-electron chi connectivity index (χ0n) is 19.2. The third kappa shape index (κ3) is 4.85. The summed E-state index contributed by atoms with van der Waals surface area (Å²) < 4.78 is 7.66. The molecule has 0 aliphatic heterocycles. The normalized spacial score (nSPS) is 11.0. The summed E-state index contributed by atoms with van der Waals surface area (Å²) in [5, 5.41) is 22.9. The van der Waals surface area contributed by atoms with Crippen LogP contribution in [0.3, 0.4) is 0 Å². The van der Waals surface area contributed by atoms with E-state index in [1.165, 1.54) is 17.8 Å². The van der Waals surface area contributed by atoms with Gasteiger partial charge in [0.1, 0.15) is 11.3 Å². The van der Waals surface area contributed by atoms with Crippen molar-refractivity contribution < 1.29 is 14.6 Å². The van der Waals surface area contributed by atoms with E-state index >= 15 is 0 Å². The van der Waals surface area contributed by atoms with Gasteiger partial charge in [0.15, 0.2) is 17.5 Å². The topological polar surface area (TPSA) is 128 Å². The minimum absolute atomic E-state index is 0.0242. The molecule has 0 aliphatic carbocycles. The molecule has 3 aromatic rings. The number of aromatic nitrogens is 4. The lowest BCUT2D eigenvalue weighted by Crippen LogP contribution is -2.20. The van der Waals surface area contributed by atoms with Crippen LogP contribution in [0.4, 0.5) is 17.2 Å². The van der Waals surface area contributed by atoms with E-state index in [1.54, 1.807) is 24.4 Å². The molecule has 0 spiro atoms. The lowest BCUT2D eigenvalue weighted by atomic mass is 10.2. The van der Waals surface area contributed by atoms with E-state index in [4.69, 9.17) is 11.3 Å². The minimum Gasteiger partial charge on any atom is -0.503 e. The standard InChI is InChI=1S/C23H25N7O4/c1-5-7-12-29-21(31)18(24-4)15(3)19(22(29)32)27-28-20-16(23(33)34-13-6-2)14-26-30(20)17-10-8-9-11-25-17/h8-11,14,31H,5-7,12-13H2,1-3H3. The van der Waals surface area contributed by atoms with Gasteiger partial charge >= 0.3 is 5.97 Å². The molecular weight excluding hydrogens is 438 g/mol. The zero-order chi connectivity index (χ0) is 24.7. The number of azo groups is 1. The molecule has 0 atom stereocenters. The maximum atomic E-state index is 13.1. The highest BCUT2D eigenvalue weighted by molar-refractivity contribution is 5.94. The molecule has 3 rings (SSSR count). The van der Waals surface area contributed by atoms with Gasteiger partial charge in [0.25, 0.3) is 5.56 Å². The fraction of sp³-hybridized carbons (Fsp3) is 0.348. The molecule has 34 heavy (non-hydrogen) atoms. The SMILES string of the molecule is [C-]#[N+]c1c(C)c(N=Nc2c(C(=O)OCCC)cnn2-c2ccccn2)c(=O)n(CCCC)c1O. The van der Waals surface area contributed by atoms with Crippen molar-refractivity contribution in [3.8, 4) is 11.7 Å². The Morgan fingerprint density at radius 1 is 1.26 bits per heavy atom. The van der Waals surface area contributed by atoms with Crippen LogP contribution >= 0.6 is 0 Å². The molecule has 0 unspecified atom stereocenters. The number of carbonyl (C=O) groups excluding carboxylic acids is 1. The van der Waals surface area contributed by atoms with Gasteiger partial charge in [0.2, 0.25) is 5.69 Å². The smallest absolute Gasteiger partial charge is 0.343 e. The van der Waals surface area contributed by atoms with Crippen molar-refractivity contribution in [1.29, 1.82) is 0 Å². The van der Waals surface area contributed by atoms with Crippen LogP contribution in [0.5, 0.6) is 5.88 Å². The summed E-state index contributed by atoms with van der Waals surface area (Å²) in [4.78, 5) is 33.3. The summed E-state index contributed by atoms with van der Waals surface area (Å²) >= 11 is 0. The van der Waals surface area contributed by atoms with Crippen molar-refractivity contribution >= 4 is 23.2 Å². The van der Waals surface area contributed by atoms with E-state index in [9.17, 15) is 14.7 Å². The van der Waals surface area contributed by atoms with E-state index in [0.717, 1.165) is 11.0 Å². The second-order valence-electron chi connectivity index (χ2n) is 7.39. The van der Waals surface area contributed by atoms with Crippen LogP contribution in [-0.4, -0.2) is 37.0 Å². The van der Waals surface area contributed by atoms with E-state index in [2.05, 4.69) is 25.2 Å². The van der Waals surface area contributed by atoms with Gasteiger partial charge in [-0.25, -0.2) is 14.6 Å². The minimum atomic E-state index is -0.636. The quantitative estimate of drug-likeness (QED) is 0.276. The van der Waals surface area contributed by atoms with Crippen molar-refractivity contribution in [1.82, 2.24) is 19.3 Å². The monoisotopic (exact) mass is 463 g/mol. The van der Waals surface area contributed by atoms with E-state index in [0.29, 0.717) is 18.7 Å². The molecule has 11 nitrogen and oxygen atoms in total. The number of hydrogen-bond donors (Lipinski definition) is 1. The molecule has 0 bridgehead atoms. The van der Waals surface area contributed by atoms with Gasteiger partial charge < -0.3 is 9.84 Å². The summed E-state index contributed by atoms with van der Waals surface area (Å²) in [7, 11) is 0. The summed E-state index contributed by atoms with van der Waals surface area (Å²) in [6.07, 6.45) is 4.92. The molecule has 0 saturated heterocycles. The Bertz CT molecular complexity index is 1300. The van der Waals surface area contributed by atoms with Crippen LogP contribution in [0.25, 0.3) is 10.7 Å². The number of rotatable bonds is 9. The Balaban J connectivity index is 2.17. The van der Waals surface area contributed by atoms with Gasteiger partial charge in [-0.15, -0.1) is 10.2 Å². The molecule has 0 saturated carbocycles. The van der Waals surface area contributed by atoms with Crippen LogP contribution in [-0.2, 0) is 11.3 Å². The zero-order valence-corrected chi connectivity index (χ0v) is 19.2. The first kappa shape index (κ1) is 24.3. The second kappa shape index (κ2) is 11.0. The van der Waals surface area contributed by atoms with Crippen molar-refractivity contribution in [3.63, 3.8) is 0 Å². The highest BCUT2D eigenvalue weighted by Gasteiger charge is 2.22. The Labute approximate surface area is 196 Å². The van der Waals surface area contributed by atoms with E-state index in [-0.39, 0.29) is 41.5 Å². The third-order valence-corrected chi connectivity index (χ3v) is 4.98. The Morgan fingerprint density at radius 3 is 2.71 bits per heavy atom. The Morgan fingerprint density at radius 2 is 2.06 bits per heavy atom. The number of esters is 1. The number of nitrogens with zero attached hydrogens (tertiary/aromatic N) is 7. The van der Waals surface area contributed by atoms with Gasteiger partial charge in [-0.3, -0.25) is 9.36 Å². The number of carbonyl (C=O) groups is 1. The highest BCUT2D eigenvalue weighted by Crippen LogP contribution is 2.35. The molecule has 11 heteroatoms. The van der Waals surface area contributed by atoms with Crippen molar-refractivity contribution in [2.75, 3.05) is 6.61 Å². The predicted molar refractivity (Wildman–Crippen MR) is 124 cm³/mol. The van der Waals surface area contributed by atoms with Crippen LogP contribution in [0.2, 0.25) is 0 Å². The maximum Gasteiger partial charge on any atom is 0.343 e. The average Bonchev–Trinajstić information content (AvgIpc) is 3.27. The predicted octanol–water partition coefficient (Wildman–Crippen LogP) is 4.78. The summed E-state index contributed by atoms with van der Waals surface area (Å²) in [5.41, 5.74) is -0.533. The number of hydrogen-bond acceptors (Lipinski definition) is 8. The molecule has 0 aliphatic rings. The molecule has 0 amide bonds. The van der Waals surface area contributed by atoms with E-state index in [1.807, 2.05) is 13.8 Å². The van der Waals surface area contributed by atoms with Gasteiger partial charge in [0.05, 0.1) is 19.4 Å².